The van der Waals surface area contributed by atoms with Crippen LogP contribution in [0, 0.1) is 0 Å². The third-order valence-electron chi connectivity index (χ3n) is 4.46. The molecule has 27 heavy (non-hydrogen) atoms. The average Bonchev–Trinajstić information content (AvgIpc) is 3.18. The van der Waals surface area contributed by atoms with Gasteiger partial charge in [0.05, 0.1) is 12.6 Å². The highest BCUT2D eigenvalue weighted by atomic mass is 32.1. The van der Waals surface area contributed by atoms with E-state index in [1.165, 1.54) is 5.56 Å². The van der Waals surface area contributed by atoms with Gasteiger partial charge in [0.2, 0.25) is 5.91 Å². The molecular weight excluding hydrogens is 360 g/mol. The average molecular weight is 389 g/mol. The van der Waals surface area contributed by atoms with Gasteiger partial charge in [0.15, 0.2) is 5.13 Å². The van der Waals surface area contributed by atoms with Gasteiger partial charge in [-0.25, -0.2) is 4.98 Å². The molecule has 146 valence electrons. The van der Waals surface area contributed by atoms with E-state index in [4.69, 9.17) is 4.74 Å². The van der Waals surface area contributed by atoms with Gasteiger partial charge in [0, 0.05) is 44.3 Å². The first-order valence-electron chi connectivity index (χ1n) is 9.49. The Morgan fingerprint density at radius 2 is 1.96 bits per heavy atom. The third-order valence-corrected chi connectivity index (χ3v) is 5.29. The lowest BCUT2D eigenvalue weighted by molar-refractivity contribution is -0.122. The number of piperazine rings is 1. The molecule has 1 aromatic carbocycles. The Morgan fingerprint density at radius 1 is 1.22 bits per heavy atom. The van der Waals surface area contributed by atoms with E-state index in [0.29, 0.717) is 13.1 Å². The van der Waals surface area contributed by atoms with Crippen LogP contribution in [0.5, 0.6) is 5.75 Å². The van der Waals surface area contributed by atoms with Gasteiger partial charge in [0.25, 0.3) is 0 Å². The molecule has 0 saturated carbocycles. The van der Waals surface area contributed by atoms with Crippen molar-refractivity contribution in [3.05, 3.63) is 41.4 Å². The Balaban J connectivity index is 1.33. The fourth-order valence-corrected chi connectivity index (χ4v) is 3.78. The molecule has 1 amide bonds. The van der Waals surface area contributed by atoms with Crippen LogP contribution >= 0.6 is 11.3 Å². The van der Waals surface area contributed by atoms with E-state index in [9.17, 15) is 4.79 Å². The van der Waals surface area contributed by atoms with Crippen molar-refractivity contribution in [3.8, 4) is 5.75 Å². The maximum absolute atomic E-state index is 12.2. The molecule has 1 saturated heterocycles. The minimum atomic E-state index is 0.0949. The van der Waals surface area contributed by atoms with Gasteiger partial charge in [-0.1, -0.05) is 12.1 Å². The number of nitrogens with zero attached hydrogens (tertiary/aromatic N) is 3. The second-order valence-electron chi connectivity index (χ2n) is 6.99. The van der Waals surface area contributed by atoms with E-state index >= 15 is 0 Å². The molecule has 3 rings (SSSR count). The number of thiazole rings is 1. The summed E-state index contributed by atoms with van der Waals surface area (Å²) in [5, 5.41) is 6.10. The number of carbonyl (C=O) groups excluding carboxylic acids is 1. The second kappa shape index (κ2) is 9.71. The summed E-state index contributed by atoms with van der Waals surface area (Å²) in [5.74, 6) is 0.979. The maximum atomic E-state index is 12.2. The van der Waals surface area contributed by atoms with Gasteiger partial charge in [-0.15, -0.1) is 11.3 Å². The first-order valence-corrected chi connectivity index (χ1v) is 10.4. The minimum absolute atomic E-state index is 0.0949. The number of benzene rings is 1. The molecule has 6 nitrogen and oxygen atoms in total. The molecule has 0 bridgehead atoms. The van der Waals surface area contributed by atoms with Crippen LogP contribution in [0.3, 0.4) is 0 Å². The summed E-state index contributed by atoms with van der Waals surface area (Å²) in [6, 6.07) is 8.08. The highest BCUT2D eigenvalue weighted by molar-refractivity contribution is 7.13. The van der Waals surface area contributed by atoms with E-state index in [-0.39, 0.29) is 12.0 Å². The van der Waals surface area contributed by atoms with Gasteiger partial charge < -0.3 is 15.0 Å². The van der Waals surface area contributed by atoms with Crippen LogP contribution in [0.15, 0.2) is 35.8 Å². The van der Waals surface area contributed by atoms with E-state index in [1.54, 1.807) is 11.3 Å². The topological polar surface area (TPSA) is 57.7 Å². The van der Waals surface area contributed by atoms with Crippen molar-refractivity contribution in [1.29, 1.82) is 0 Å². The number of nitrogens with one attached hydrogen (secondary N) is 1. The second-order valence-corrected chi connectivity index (χ2v) is 7.86. The van der Waals surface area contributed by atoms with Crippen LogP contribution in [0.4, 0.5) is 5.13 Å². The third kappa shape index (κ3) is 6.22. The highest BCUT2D eigenvalue weighted by Gasteiger charge is 2.20. The van der Waals surface area contributed by atoms with Gasteiger partial charge in [-0.05, 0) is 38.0 Å². The Hall–Kier alpha value is -2.12. The number of ether oxygens (including phenoxy) is 1. The molecule has 0 spiro atoms. The highest BCUT2D eigenvalue weighted by Crippen LogP contribution is 2.18. The van der Waals surface area contributed by atoms with Crippen LogP contribution in [0.1, 0.15) is 19.4 Å². The number of hydrogen-bond donors (Lipinski definition) is 1. The molecular formula is C20H28N4O2S. The zero-order chi connectivity index (χ0) is 19.1. The minimum Gasteiger partial charge on any atom is -0.491 e. The molecule has 1 aliphatic heterocycles. The van der Waals surface area contributed by atoms with Crippen molar-refractivity contribution in [2.45, 2.75) is 26.4 Å². The van der Waals surface area contributed by atoms with E-state index in [0.717, 1.165) is 43.5 Å². The Kier molecular flexibility index (Phi) is 7.06. The number of aromatic nitrogens is 1. The molecule has 1 fully saturated rings. The lowest BCUT2D eigenvalue weighted by atomic mass is 10.1. The van der Waals surface area contributed by atoms with Crippen molar-refractivity contribution in [3.63, 3.8) is 0 Å². The quantitative estimate of drug-likeness (QED) is 0.753. The Morgan fingerprint density at radius 3 is 2.59 bits per heavy atom. The lowest BCUT2D eigenvalue weighted by Crippen LogP contribution is -2.49. The van der Waals surface area contributed by atoms with E-state index in [1.807, 2.05) is 37.6 Å². The predicted molar refractivity (Wildman–Crippen MR) is 110 cm³/mol. The first kappa shape index (κ1) is 19.6. The molecule has 1 aliphatic rings. The Bertz CT molecular complexity index is 695. The largest absolute Gasteiger partial charge is 0.491 e. The lowest BCUT2D eigenvalue weighted by Gasteiger charge is -2.34. The van der Waals surface area contributed by atoms with Gasteiger partial charge in [-0.2, -0.15) is 0 Å². The molecule has 1 N–H and O–H groups in total. The number of hydrogen-bond acceptors (Lipinski definition) is 6. The Labute approximate surface area is 165 Å². The zero-order valence-corrected chi connectivity index (χ0v) is 16.9. The number of carbonyl (C=O) groups is 1. The first-order chi connectivity index (χ1) is 13.1. The van der Waals surface area contributed by atoms with Crippen molar-refractivity contribution < 1.29 is 9.53 Å². The molecule has 7 heteroatoms. The summed E-state index contributed by atoms with van der Waals surface area (Å²) in [4.78, 5) is 21.0. The number of amides is 1. The molecule has 0 atom stereocenters. The van der Waals surface area contributed by atoms with E-state index < -0.39 is 0 Å². The van der Waals surface area contributed by atoms with Gasteiger partial charge in [0.1, 0.15) is 5.75 Å². The monoisotopic (exact) mass is 388 g/mol. The van der Waals surface area contributed by atoms with Crippen LogP contribution in [-0.2, 0) is 11.2 Å². The fourth-order valence-electron chi connectivity index (χ4n) is 3.08. The van der Waals surface area contributed by atoms with Crippen LogP contribution in [0.25, 0.3) is 0 Å². The molecule has 0 radical (unpaired) electrons. The van der Waals surface area contributed by atoms with Crippen molar-refractivity contribution in [2.24, 2.45) is 0 Å². The summed E-state index contributed by atoms with van der Waals surface area (Å²) < 4.78 is 5.65. The van der Waals surface area contributed by atoms with Crippen molar-refractivity contribution in [1.82, 2.24) is 15.2 Å². The summed E-state index contributed by atoms with van der Waals surface area (Å²) in [6.45, 7) is 8.78. The number of rotatable bonds is 8. The van der Waals surface area contributed by atoms with Gasteiger partial charge >= 0.3 is 0 Å². The molecule has 2 heterocycles. The van der Waals surface area contributed by atoms with Crippen molar-refractivity contribution in [2.75, 3.05) is 44.2 Å². The van der Waals surface area contributed by atoms with E-state index in [2.05, 4.69) is 32.2 Å². The van der Waals surface area contributed by atoms with Gasteiger partial charge in [-0.3, -0.25) is 9.69 Å². The molecule has 0 unspecified atom stereocenters. The smallest absolute Gasteiger partial charge is 0.234 e. The summed E-state index contributed by atoms with van der Waals surface area (Å²) in [7, 11) is 0. The normalized spacial score (nSPS) is 15.1. The maximum Gasteiger partial charge on any atom is 0.234 e. The fraction of sp³-hybridized carbons (Fsp3) is 0.500. The summed E-state index contributed by atoms with van der Waals surface area (Å²) in [5.41, 5.74) is 1.20. The molecule has 0 aliphatic carbocycles. The van der Waals surface area contributed by atoms with Crippen LogP contribution in [-0.4, -0.2) is 61.2 Å². The SMILES string of the molecule is CC(C)Oc1ccc(CCNC(=O)CN2CCN(c3nccs3)CC2)cc1. The standard InChI is InChI=1S/C20H28N4O2S/c1-16(2)26-18-5-3-17(4-6-18)7-8-21-19(25)15-23-10-12-24(13-11-23)20-22-9-14-27-20/h3-6,9,14,16H,7-8,10-13,15H2,1-2H3,(H,21,25). The molecule has 2 aromatic rings. The summed E-state index contributed by atoms with van der Waals surface area (Å²) >= 11 is 1.67. The van der Waals surface area contributed by atoms with Crippen LogP contribution in [0.2, 0.25) is 0 Å². The molecule has 1 aromatic heterocycles. The zero-order valence-electron chi connectivity index (χ0n) is 16.1. The predicted octanol–water partition coefficient (Wildman–Crippen LogP) is 2.41. The van der Waals surface area contributed by atoms with Crippen molar-refractivity contribution >= 4 is 22.4 Å². The summed E-state index contributed by atoms with van der Waals surface area (Å²) in [6.07, 6.45) is 2.84. The number of anilines is 1. The van der Waals surface area contributed by atoms with Crippen LogP contribution < -0.4 is 15.0 Å².